The Morgan fingerprint density at radius 3 is 2.85 bits per heavy atom. The highest BCUT2D eigenvalue weighted by Gasteiger charge is 2.15. The maximum atomic E-state index is 11.7. The van der Waals surface area contributed by atoms with Crippen LogP contribution in [0.2, 0.25) is 0 Å². The second-order valence-corrected chi connectivity index (χ2v) is 4.74. The maximum Gasteiger partial charge on any atom is 0.347 e. The number of H-pyrrole nitrogens is 1. The number of nitrogens with one attached hydrogen (secondary N) is 3. The summed E-state index contributed by atoms with van der Waals surface area (Å²) in [5, 5.41) is 16.2. The average Bonchev–Trinajstić information content (AvgIpc) is 2.66. The number of anilines is 2. The fraction of sp³-hybridized carbons (Fsp3) is 0.286. The van der Waals surface area contributed by atoms with Crippen LogP contribution in [0.15, 0.2) is 29.1 Å². The van der Waals surface area contributed by atoms with Crippen LogP contribution in [-0.4, -0.2) is 28.2 Å². The summed E-state index contributed by atoms with van der Waals surface area (Å²) in [7, 11) is 0. The first-order chi connectivity index (χ1) is 9.74. The van der Waals surface area contributed by atoms with E-state index in [1.807, 2.05) is 6.07 Å². The van der Waals surface area contributed by atoms with Gasteiger partial charge in [0.2, 0.25) is 0 Å². The van der Waals surface area contributed by atoms with Crippen molar-refractivity contribution in [3.05, 3.63) is 46.0 Å². The summed E-state index contributed by atoms with van der Waals surface area (Å²) in [5.74, 6) is 0.657. The lowest BCUT2D eigenvalue weighted by Crippen LogP contribution is -2.18. The largest absolute Gasteiger partial charge is 0.506 e. The molecule has 0 atom stereocenters. The summed E-state index contributed by atoms with van der Waals surface area (Å²) >= 11 is 0. The van der Waals surface area contributed by atoms with Gasteiger partial charge < -0.3 is 20.7 Å². The fourth-order valence-electron chi connectivity index (χ4n) is 2.39. The number of hydrogen-bond donors (Lipinski definition) is 4. The number of aromatic amines is 1. The van der Waals surface area contributed by atoms with E-state index in [4.69, 9.17) is 0 Å². The van der Waals surface area contributed by atoms with Gasteiger partial charge in [-0.15, -0.1) is 0 Å². The second-order valence-electron chi connectivity index (χ2n) is 4.74. The van der Waals surface area contributed by atoms with E-state index in [2.05, 4.69) is 20.6 Å². The Morgan fingerprint density at radius 1 is 1.20 bits per heavy atom. The van der Waals surface area contributed by atoms with E-state index in [0.29, 0.717) is 11.5 Å². The van der Waals surface area contributed by atoms with Crippen LogP contribution in [0.4, 0.5) is 11.5 Å². The monoisotopic (exact) mass is 272 g/mol. The minimum Gasteiger partial charge on any atom is -0.506 e. The van der Waals surface area contributed by atoms with E-state index in [1.165, 1.54) is 0 Å². The minimum absolute atomic E-state index is 0.134. The molecule has 0 spiro atoms. The van der Waals surface area contributed by atoms with Crippen LogP contribution in [0.1, 0.15) is 11.3 Å². The molecule has 0 aliphatic carbocycles. The number of para-hydroxylation sites is 2. The van der Waals surface area contributed by atoms with Gasteiger partial charge in [0.1, 0.15) is 11.6 Å². The van der Waals surface area contributed by atoms with Crippen molar-refractivity contribution < 1.29 is 5.11 Å². The molecule has 1 aromatic carbocycles. The number of phenols is 1. The molecule has 0 fully saturated rings. The van der Waals surface area contributed by atoms with Crippen molar-refractivity contribution in [2.75, 3.05) is 18.4 Å². The summed E-state index contributed by atoms with van der Waals surface area (Å²) in [6, 6.07) is 6.90. The quantitative estimate of drug-likeness (QED) is 0.610. The third kappa shape index (κ3) is 2.50. The molecular formula is C14H16N4O2. The number of benzene rings is 1. The van der Waals surface area contributed by atoms with E-state index >= 15 is 0 Å². The van der Waals surface area contributed by atoms with Crippen molar-refractivity contribution in [3.8, 4) is 5.75 Å². The molecule has 0 saturated heterocycles. The van der Waals surface area contributed by atoms with Crippen LogP contribution in [-0.2, 0) is 12.8 Å². The Labute approximate surface area is 115 Å². The lowest BCUT2D eigenvalue weighted by molar-refractivity contribution is 0.477. The van der Waals surface area contributed by atoms with Crippen molar-refractivity contribution in [1.82, 2.24) is 15.3 Å². The summed E-state index contributed by atoms with van der Waals surface area (Å²) in [6.45, 7) is 1.68. The van der Waals surface area contributed by atoms with Gasteiger partial charge in [-0.1, -0.05) is 12.1 Å². The molecule has 1 aliphatic heterocycles. The fourth-order valence-corrected chi connectivity index (χ4v) is 2.39. The van der Waals surface area contributed by atoms with Gasteiger partial charge in [0.05, 0.1) is 5.69 Å². The summed E-state index contributed by atoms with van der Waals surface area (Å²) < 4.78 is 0. The van der Waals surface area contributed by atoms with Gasteiger partial charge in [0, 0.05) is 24.2 Å². The maximum absolute atomic E-state index is 11.7. The number of aromatic nitrogens is 2. The lowest BCUT2D eigenvalue weighted by Gasteiger charge is -2.13. The van der Waals surface area contributed by atoms with Crippen molar-refractivity contribution in [2.24, 2.45) is 0 Å². The molecule has 104 valence electrons. The zero-order valence-corrected chi connectivity index (χ0v) is 10.9. The Morgan fingerprint density at radius 2 is 2.00 bits per heavy atom. The molecule has 0 bridgehead atoms. The molecule has 0 amide bonds. The molecule has 20 heavy (non-hydrogen) atoms. The first kappa shape index (κ1) is 12.7. The lowest BCUT2D eigenvalue weighted by atomic mass is 10.1. The van der Waals surface area contributed by atoms with Crippen LogP contribution in [0.25, 0.3) is 0 Å². The van der Waals surface area contributed by atoms with Crippen molar-refractivity contribution >= 4 is 11.5 Å². The summed E-state index contributed by atoms with van der Waals surface area (Å²) in [5.41, 5.74) is 2.08. The molecule has 2 aromatic rings. The predicted molar refractivity (Wildman–Crippen MR) is 76.5 cm³/mol. The van der Waals surface area contributed by atoms with Gasteiger partial charge in [0.25, 0.3) is 0 Å². The number of aromatic hydroxyl groups is 1. The number of hydrogen-bond acceptors (Lipinski definition) is 5. The van der Waals surface area contributed by atoms with E-state index in [0.717, 1.165) is 37.2 Å². The van der Waals surface area contributed by atoms with Crippen LogP contribution >= 0.6 is 0 Å². The molecule has 0 radical (unpaired) electrons. The molecule has 0 saturated carbocycles. The Balaban J connectivity index is 2.03. The van der Waals surface area contributed by atoms with E-state index in [9.17, 15) is 9.90 Å². The molecule has 3 rings (SSSR count). The second kappa shape index (κ2) is 5.34. The minimum atomic E-state index is -0.372. The van der Waals surface area contributed by atoms with Gasteiger partial charge in [-0.2, -0.15) is 4.98 Å². The predicted octanol–water partition coefficient (Wildman–Crippen LogP) is 0.907. The number of fused-ring (bicyclic) bond motifs is 1. The molecule has 6 nitrogen and oxygen atoms in total. The van der Waals surface area contributed by atoms with Crippen LogP contribution in [0.3, 0.4) is 0 Å². The Kier molecular flexibility index (Phi) is 3.39. The topological polar surface area (TPSA) is 90.0 Å². The molecular weight excluding hydrogens is 256 g/mol. The van der Waals surface area contributed by atoms with Crippen molar-refractivity contribution in [1.29, 1.82) is 0 Å². The van der Waals surface area contributed by atoms with Crippen molar-refractivity contribution in [2.45, 2.75) is 12.8 Å². The summed E-state index contributed by atoms with van der Waals surface area (Å²) in [4.78, 5) is 18.5. The number of phenolic OH excluding ortho intramolecular Hbond substituents is 1. The van der Waals surface area contributed by atoms with Crippen LogP contribution in [0, 0.1) is 0 Å². The van der Waals surface area contributed by atoms with Crippen LogP contribution in [0.5, 0.6) is 5.75 Å². The molecule has 1 aromatic heterocycles. The van der Waals surface area contributed by atoms with Crippen LogP contribution < -0.4 is 16.3 Å². The van der Waals surface area contributed by atoms with Gasteiger partial charge in [-0.05, 0) is 25.1 Å². The summed E-state index contributed by atoms with van der Waals surface area (Å²) in [6.07, 6.45) is 1.55. The third-order valence-corrected chi connectivity index (χ3v) is 3.38. The molecule has 4 N–H and O–H groups in total. The van der Waals surface area contributed by atoms with Crippen molar-refractivity contribution in [3.63, 3.8) is 0 Å². The number of rotatable bonds is 2. The molecule has 2 heterocycles. The highest BCUT2D eigenvalue weighted by molar-refractivity contribution is 5.65. The zero-order valence-electron chi connectivity index (χ0n) is 10.9. The highest BCUT2D eigenvalue weighted by Crippen LogP contribution is 2.27. The molecule has 1 aliphatic rings. The van der Waals surface area contributed by atoms with E-state index < -0.39 is 0 Å². The van der Waals surface area contributed by atoms with E-state index in [1.54, 1.807) is 18.2 Å². The first-order valence-corrected chi connectivity index (χ1v) is 6.62. The van der Waals surface area contributed by atoms with Gasteiger partial charge >= 0.3 is 5.69 Å². The first-order valence-electron chi connectivity index (χ1n) is 6.62. The average molecular weight is 272 g/mol. The van der Waals surface area contributed by atoms with Gasteiger partial charge in [0.15, 0.2) is 0 Å². The molecule has 0 unspecified atom stereocenters. The molecule has 6 heteroatoms. The van der Waals surface area contributed by atoms with Gasteiger partial charge in [-0.25, -0.2) is 4.79 Å². The highest BCUT2D eigenvalue weighted by atomic mass is 16.3. The SMILES string of the molecule is O=c1nc(Nc2ccccc2O)c2c([nH]1)CCNCC2. The van der Waals surface area contributed by atoms with E-state index in [-0.39, 0.29) is 11.4 Å². The number of nitrogens with zero attached hydrogens (tertiary/aromatic N) is 1. The normalized spacial score (nSPS) is 14.4. The smallest absolute Gasteiger partial charge is 0.347 e. The zero-order chi connectivity index (χ0) is 13.9. The van der Waals surface area contributed by atoms with Gasteiger partial charge in [-0.3, -0.25) is 0 Å². The Hall–Kier alpha value is -2.34. The Bertz CT molecular complexity index is 681. The standard InChI is InChI=1S/C14H16N4O2/c19-12-4-2-1-3-11(12)16-13-9-5-7-15-8-6-10(9)17-14(20)18-13/h1-4,15,19H,5-8H2,(H2,16,17,18,20). The third-order valence-electron chi connectivity index (χ3n) is 3.38.